The molecule has 0 saturated heterocycles. The molecule has 16 heavy (non-hydrogen) atoms. The molecule has 2 heterocycles. The van der Waals surface area contributed by atoms with E-state index < -0.39 is 0 Å². The Labute approximate surface area is 95.8 Å². The minimum Gasteiger partial charge on any atom is -0.382 e. The number of hydrogen-bond acceptors (Lipinski definition) is 5. The van der Waals surface area contributed by atoms with E-state index in [4.69, 9.17) is 5.73 Å². The summed E-state index contributed by atoms with van der Waals surface area (Å²) in [6, 6.07) is 11.6. The maximum absolute atomic E-state index is 5.49. The van der Waals surface area contributed by atoms with Gasteiger partial charge in [-0.1, -0.05) is 12.1 Å². The number of rotatable bonds is 1. The molecule has 2 N–H and O–H groups in total. The van der Waals surface area contributed by atoms with Crippen LogP contribution in [0, 0.1) is 0 Å². The first-order valence-electron chi connectivity index (χ1n) is 4.78. The first-order valence-corrected chi connectivity index (χ1v) is 5.60. The van der Waals surface area contributed by atoms with Crippen molar-refractivity contribution in [1.82, 2.24) is 15.2 Å². The van der Waals surface area contributed by atoms with E-state index in [2.05, 4.69) is 15.2 Å². The number of hydrogen-bond donors (Lipinski definition) is 1. The fourth-order valence-electron chi connectivity index (χ4n) is 1.44. The molecule has 0 aliphatic rings. The van der Waals surface area contributed by atoms with Crippen LogP contribution in [0.1, 0.15) is 0 Å². The molecule has 2 aromatic heterocycles. The number of nitrogens with two attached hydrogens (primary N) is 1. The van der Waals surface area contributed by atoms with Crippen molar-refractivity contribution < 1.29 is 0 Å². The molecule has 0 atom stereocenters. The summed E-state index contributed by atoms with van der Waals surface area (Å²) in [4.78, 5) is 4.49. The number of thiazole rings is 1. The number of anilines is 1. The zero-order valence-electron chi connectivity index (χ0n) is 8.29. The van der Waals surface area contributed by atoms with Crippen LogP contribution in [0.25, 0.3) is 20.9 Å². The lowest BCUT2D eigenvalue weighted by Crippen LogP contribution is -1.93. The minimum absolute atomic E-state index is 0.421. The summed E-state index contributed by atoms with van der Waals surface area (Å²) in [6.07, 6.45) is 0. The molecule has 4 nitrogen and oxygen atoms in total. The smallest absolute Gasteiger partial charge is 0.146 e. The summed E-state index contributed by atoms with van der Waals surface area (Å²) in [5, 5.41) is 8.71. The number of aromatic nitrogens is 3. The second-order valence-electron chi connectivity index (χ2n) is 3.33. The third kappa shape index (κ3) is 1.51. The van der Waals surface area contributed by atoms with Crippen molar-refractivity contribution in [3.05, 3.63) is 36.4 Å². The van der Waals surface area contributed by atoms with Gasteiger partial charge in [-0.3, -0.25) is 0 Å². The van der Waals surface area contributed by atoms with Crippen LogP contribution in [0.5, 0.6) is 0 Å². The van der Waals surface area contributed by atoms with E-state index in [-0.39, 0.29) is 0 Å². The molecule has 0 saturated carbocycles. The highest BCUT2D eigenvalue weighted by atomic mass is 32.1. The van der Waals surface area contributed by atoms with E-state index in [0.29, 0.717) is 5.82 Å². The van der Waals surface area contributed by atoms with Crippen LogP contribution in [0.2, 0.25) is 0 Å². The topological polar surface area (TPSA) is 64.7 Å². The van der Waals surface area contributed by atoms with Crippen molar-refractivity contribution in [1.29, 1.82) is 0 Å². The van der Waals surface area contributed by atoms with Gasteiger partial charge in [0.05, 0.1) is 10.2 Å². The fraction of sp³-hybridized carbons (Fsp3) is 0. The van der Waals surface area contributed by atoms with E-state index in [1.54, 1.807) is 17.4 Å². The fourth-order valence-corrected chi connectivity index (χ4v) is 2.37. The quantitative estimate of drug-likeness (QED) is 0.694. The number of nitrogen functional groups attached to an aromatic ring is 1. The molecule has 78 valence electrons. The van der Waals surface area contributed by atoms with Crippen molar-refractivity contribution in [2.45, 2.75) is 0 Å². The zero-order chi connectivity index (χ0) is 11.0. The Morgan fingerprint density at radius 1 is 1.00 bits per heavy atom. The Balaban J connectivity index is 2.15. The standard InChI is InChI=1S/C11H8N4S/c12-10-6-5-8(14-15-10)11-13-7-3-1-2-4-9(7)16-11/h1-6H,(H2,12,15). The lowest BCUT2D eigenvalue weighted by Gasteiger charge is -1.93. The number of benzene rings is 1. The maximum Gasteiger partial charge on any atom is 0.146 e. The molecule has 0 unspecified atom stereocenters. The first kappa shape index (κ1) is 9.23. The van der Waals surface area contributed by atoms with E-state index in [1.807, 2.05) is 30.3 Å². The van der Waals surface area contributed by atoms with Gasteiger partial charge in [-0.05, 0) is 24.3 Å². The Hall–Kier alpha value is -2.01. The van der Waals surface area contributed by atoms with Crippen molar-refractivity contribution in [2.24, 2.45) is 0 Å². The molecule has 0 bridgehead atoms. The van der Waals surface area contributed by atoms with Crippen LogP contribution in [-0.4, -0.2) is 15.2 Å². The number of fused-ring (bicyclic) bond motifs is 1. The van der Waals surface area contributed by atoms with Crippen molar-refractivity contribution >= 4 is 27.4 Å². The summed E-state index contributed by atoms with van der Waals surface area (Å²) < 4.78 is 1.15. The summed E-state index contributed by atoms with van der Waals surface area (Å²) >= 11 is 1.60. The molecule has 0 amide bonds. The molecular weight excluding hydrogens is 220 g/mol. The summed E-state index contributed by atoms with van der Waals surface area (Å²) in [7, 11) is 0. The molecule has 0 aliphatic heterocycles. The highest BCUT2D eigenvalue weighted by Gasteiger charge is 2.06. The van der Waals surface area contributed by atoms with Gasteiger partial charge in [-0.15, -0.1) is 21.5 Å². The van der Waals surface area contributed by atoms with Gasteiger partial charge < -0.3 is 5.73 Å². The van der Waals surface area contributed by atoms with Crippen LogP contribution < -0.4 is 5.73 Å². The van der Waals surface area contributed by atoms with Gasteiger partial charge in [0.15, 0.2) is 0 Å². The molecule has 0 aliphatic carbocycles. The second-order valence-corrected chi connectivity index (χ2v) is 4.36. The Morgan fingerprint density at radius 3 is 2.62 bits per heavy atom. The number of nitrogens with zero attached hydrogens (tertiary/aromatic N) is 3. The van der Waals surface area contributed by atoms with E-state index >= 15 is 0 Å². The molecule has 1 aromatic carbocycles. The van der Waals surface area contributed by atoms with Gasteiger partial charge in [0.25, 0.3) is 0 Å². The lowest BCUT2D eigenvalue weighted by atomic mass is 10.3. The monoisotopic (exact) mass is 228 g/mol. The van der Waals surface area contributed by atoms with Gasteiger partial charge in [-0.25, -0.2) is 4.98 Å². The first-order chi connectivity index (χ1) is 7.83. The van der Waals surface area contributed by atoms with Crippen LogP contribution >= 0.6 is 11.3 Å². The van der Waals surface area contributed by atoms with E-state index in [1.165, 1.54) is 0 Å². The summed E-state index contributed by atoms with van der Waals surface area (Å²) in [6.45, 7) is 0. The third-order valence-corrected chi connectivity index (χ3v) is 3.26. The third-order valence-electron chi connectivity index (χ3n) is 2.20. The molecule has 5 heteroatoms. The average Bonchev–Trinajstić information content (AvgIpc) is 2.73. The van der Waals surface area contributed by atoms with Crippen molar-refractivity contribution in [3.63, 3.8) is 0 Å². The molecule has 3 rings (SSSR count). The molecule has 0 spiro atoms. The van der Waals surface area contributed by atoms with Gasteiger partial charge in [0.2, 0.25) is 0 Å². The van der Waals surface area contributed by atoms with Crippen LogP contribution in [0.3, 0.4) is 0 Å². The van der Waals surface area contributed by atoms with Gasteiger partial charge in [-0.2, -0.15) is 0 Å². The predicted octanol–water partition coefficient (Wildman–Crippen LogP) is 2.34. The zero-order valence-corrected chi connectivity index (χ0v) is 9.11. The maximum atomic E-state index is 5.49. The molecule has 3 aromatic rings. The van der Waals surface area contributed by atoms with E-state index in [0.717, 1.165) is 20.9 Å². The second kappa shape index (κ2) is 3.53. The van der Waals surface area contributed by atoms with Gasteiger partial charge in [0.1, 0.15) is 16.5 Å². The molecule has 0 fully saturated rings. The Bertz CT molecular complexity index is 597. The van der Waals surface area contributed by atoms with Gasteiger partial charge >= 0.3 is 0 Å². The average molecular weight is 228 g/mol. The summed E-state index contributed by atoms with van der Waals surface area (Å²) in [5.41, 5.74) is 7.24. The highest BCUT2D eigenvalue weighted by Crippen LogP contribution is 2.28. The number of para-hydroxylation sites is 1. The molecule has 0 radical (unpaired) electrons. The van der Waals surface area contributed by atoms with Crippen LogP contribution in [0.15, 0.2) is 36.4 Å². The summed E-state index contributed by atoms with van der Waals surface area (Å²) in [5.74, 6) is 0.421. The van der Waals surface area contributed by atoms with Gasteiger partial charge in [0, 0.05) is 0 Å². The van der Waals surface area contributed by atoms with Crippen LogP contribution in [0.4, 0.5) is 5.82 Å². The highest BCUT2D eigenvalue weighted by molar-refractivity contribution is 7.21. The van der Waals surface area contributed by atoms with Crippen molar-refractivity contribution in [2.75, 3.05) is 5.73 Å². The largest absolute Gasteiger partial charge is 0.382 e. The van der Waals surface area contributed by atoms with Crippen LogP contribution in [-0.2, 0) is 0 Å². The Morgan fingerprint density at radius 2 is 1.88 bits per heavy atom. The minimum atomic E-state index is 0.421. The van der Waals surface area contributed by atoms with E-state index in [9.17, 15) is 0 Å². The molecular formula is C11H8N4S. The normalized spacial score (nSPS) is 10.8. The van der Waals surface area contributed by atoms with Crippen molar-refractivity contribution in [3.8, 4) is 10.7 Å². The Kier molecular flexibility index (Phi) is 2.04. The lowest BCUT2D eigenvalue weighted by molar-refractivity contribution is 1.05. The SMILES string of the molecule is Nc1ccc(-c2nc3ccccc3s2)nn1. The predicted molar refractivity (Wildman–Crippen MR) is 65.1 cm³/mol.